The van der Waals surface area contributed by atoms with Gasteiger partial charge in [-0.05, 0) is 35.9 Å². The molecule has 1 aromatic carbocycles. The van der Waals surface area contributed by atoms with Crippen molar-refractivity contribution in [2.45, 2.75) is 11.8 Å². The van der Waals surface area contributed by atoms with Crippen LogP contribution in [0.4, 0.5) is 10.5 Å². The maximum absolute atomic E-state index is 11.4. The second-order valence-electron chi connectivity index (χ2n) is 2.83. The lowest BCUT2D eigenvalue weighted by Crippen LogP contribution is -2.04. The topological polar surface area (TPSA) is 63.2 Å². The van der Waals surface area contributed by atoms with Crippen LogP contribution in [0.25, 0.3) is 0 Å². The number of hydrogen-bond acceptors (Lipinski definition) is 3. The average Bonchev–Trinajstić information content (AvgIpc) is 2.18. The van der Waals surface area contributed by atoms with E-state index in [1.807, 2.05) is 0 Å². The van der Waals surface area contributed by atoms with E-state index in [4.69, 9.17) is 11.6 Å². The van der Waals surface area contributed by atoms with E-state index >= 15 is 0 Å². The van der Waals surface area contributed by atoms with Crippen LogP contribution in [-0.2, 0) is 9.84 Å². The first kappa shape index (κ1) is 12.0. The predicted octanol–water partition coefficient (Wildman–Crippen LogP) is 2.25. The van der Waals surface area contributed by atoms with Crippen molar-refractivity contribution in [2.75, 3.05) is 11.1 Å². The van der Waals surface area contributed by atoms with Crippen LogP contribution in [0.3, 0.4) is 0 Å². The lowest BCUT2D eigenvalue weighted by molar-refractivity contribution is 0.269. The number of nitrogens with one attached hydrogen (secondary N) is 1. The van der Waals surface area contributed by atoms with Crippen molar-refractivity contribution in [2.24, 2.45) is 0 Å². The van der Waals surface area contributed by atoms with Crippen molar-refractivity contribution in [3.63, 3.8) is 0 Å². The van der Waals surface area contributed by atoms with E-state index in [0.717, 1.165) is 0 Å². The SMILES string of the molecule is CCS(=O)(=O)c1ccc(NC(=O)Cl)cc1. The molecule has 0 saturated carbocycles. The third kappa shape index (κ3) is 3.21. The second kappa shape index (κ2) is 4.63. The van der Waals surface area contributed by atoms with Crippen LogP contribution >= 0.6 is 11.6 Å². The summed E-state index contributed by atoms with van der Waals surface area (Å²) >= 11 is 5.10. The average molecular weight is 248 g/mol. The zero-order chi connectivity index (χ0) is 11.5. The summed E-state index contributed by atoms with van der Waals surface area (Å²) in [6, 6.07) is 5.84. The maximum atomic E-state index is 11.4. The Morgan fingerprint density at radius 1 is 1.33 bits per heavy atom. The molecule has 1 amide bonds. The molecule has 0 radical (unpaired) electrons. The van der Waals surface area contributed by atoms with Crippen LogP contribution in [0.2, 0.25) is 0 Å². The normalized spacial score (nSPS) is 11.1. The molecule has 0 atom stereocenters. The number of benzene rings is 1. The molecule has 0 aromatic heterocycles. The number of amides is 1. The molecule has 0 aliphatic carbocycles. The van der Waals surface area contributed by atoms with Gasteiger partial charge in [0.15, 0.2) is 9.84 Å². The first-order valence-corrected chi connectivity index (χ1v) is 6.28. The van der Waals surface area contributed by atoms with Gasteiger partial charge in [-0.2, -0.15) is 0 Å². The molecule has 0 bridgehead atoms. The summed E-state index contributed by atoms with van der Waals surface area (Å²) in [5.41, 5.74) is 0.463. The molecule has 15 heavy (non-hydrogen) atoms. The maximum Gasteiger partial charge on any atom is 0.318 e. The molecule has 82 valence electrons. The Kier molecular flexibility index (Phi) is 3.71. The molecular formula is C9H10ClNO3S. The summed E-state index contributed by atoms with van der Waals surface area (Å²) in [4.78, 5) is 10.7. The number of sulfone groups is 1. The van der Waals surface area contributed by atoms with E-state index in [-0.39, 0.29) is 10.6 Å². The van der Waals surface area contributed by atoms with Crippen LogP contribution in [0.5, 0.6) is 0 Å². The van der Waals surface area contributed by atoms with Crippen LogP contribution in [0, 0.1) is 0 Å². The largest absolute Gasteiger partial charge is 0.318 e. The van der Waals surface area contributed by atoms with E-state index in [1.54, 1.807) is 6.92 Å². The molecule has 1 N–H and O–H groups in total. The van der Waals surface area contributed by atoms with Crippen LogP contribution in [-0.4, -0.2) is 19.5 Å². The Morgan fingerprint density at radius 3 is 2.27 bits per heavy atom. The third-order valence-corrected chi connectivity index (χ3v) is 3.68. The van der Waals surface area contributed by atoms with Gasteiger partial charge in [0.25, 0.3) is 0 Å². The number of halogens is 1. The standard InChI is InChI=1S/C9H10ClNO3S/c1-2-15(13,14)8-5-3-7(4-6-8)11-9(10)12/h3-6H,2H2,1H3,(H,11,12). The zero-order valence-electron chi connectivity index (χ0n) is 8.03. The minimum absolute atomic E-state index is 0.0498. The van der Waals surface area contributed by atoms with Crippen molar-refractivity contribution < 1.29 is 13.2 Å². The summed E-state index contributed by atoms with van der Waals surface area (Å²) in [6.45, 7) is 1.57. The minimum atomic E-state index is -3.19. The summed E-state index contributed by atoms with van der Waals surface area (Å²) in [5, 5.41) is 1.63. The summed E-state index contributed by atoms with van der Waals surface area (Å²) < 4.78 is 22.8. The number of carbonyl (C=O) groups is 1. The molecule has 6 heteroatoms. The van der Waals surface area contributed by atoms with Crippen molar-refractivity contribution >= 4 is 32.5 Å². The minimum Gasteiger partial charge on any atom is -0.312 e. The molecule has 1 aromatic rings. The Morgan fingerprint density at radius 2 is 1.87 bits per heavy atom. The van der Waals surface area contributed by atoms with Gasteiger partial charge in [-0.1, -0.05) is 6.92 Å². The van der Waals surface area contributed by atoms with Gasteiger partial charge >= 0.3 is 5.37 Å². The van der Waals surface area contributed by atoms with Gasteiger partial charge < -0.3 is 5.32 Å². The monoisotopic (exact) mass is 247 g/mol. The quantitative estimate of drug-likeness (QED) is 0.658. The second-order valence-corrected chi connectivity index (χ2v) is 5.45. The highest BCUT2D eigenvalue weighted by atomic mass is 35.5. The molecular weight excluding hydrogens is 238 g/mol. The van der Waals surface area contributed by atoms with Gasteiger partial charge in [-0.15, -0.1) is 0 Å². The Balaban J connectivity index is 2.95. The lowest BCUT2D eigenvalue weighted by atomic mass is 10.3. The molecule has 0 saturated heterocycles. The molecule has 1 rings (SSSR count). The summed E-state index contributed by atoms with van der Waals surface area (Å²) in [7, 11) is -3.19. The van der Waals surface area contributed by atoms with Gasteiger partial charge in [0.1, 0.15) is 0 Å². The van der Waals surface area contributed by atoms with Crippen molar-refractivity contribution in [3.05, 3.63) is 24.3 Å². The molecule has 0 heterocycles. The van der Waals surface area contributed by atoms with Crippen LogP contribution in [0.15, 0.2) is 29.2 Å². The molecule has 0 spiro atoms. The van der Waals surface area contributed by atoms with Crippen LogP contribution in [0.1, 0.15) is 6.92 Å². The number of anilines is 1. The van der Waals surface area contributed by atoms with E-state index in [2.05, 4.69) is 5.32 Å². The molecule has 0 unspecified atom stereocenters. The van der Waals surface area contributed by atoms with E-state index < -0.39 is 15.2 Å². The number of hydrogen-bond donors (Lipinski definition) is 1. The molecule has 4 nitrogen and oxygen atoms in total. The van der Waals surface area contributed by atoms with E-state index in [9.17, 15) is 13.2 Å². The smallest absolute Gasteiger partial charge is 0.312 e. The fourth-order valence-electron chi connectivity index (χ4n) is 1.03. The van der Waals surface area contributed by atoms with Gasteiger partial charge in [-0.25, -0.2) is 8.42 Å². The highest BCUT2D eigenvalue weighted by Gasteiger charge is 2.10. The molecule has 0 aliphatic rings. The first-order chi connectivity index (χ1) is 6.95. The summed E-state index contributed by atoms with van der Waals surface area (Å²) in [6.07, 6.45) is 0. The Labute approximate surface area is 93.2 Å². The lowest BCUT2D eigenvalue weighted by Gasteiger charge is -2.03. The zero-order valence-corrected chi connectivity index (χ0v) is 9.60. The number of carbonyl (C=O) groups excluding carboxylic acids is 1. The highest BCUT2D eigenvalue weighted by Crippen LogP contribution is 2.15. The molecule has 0 fully saturated rings. The third-order valence-electron chi connectivity index (χ3n) is 1.84. The molecule has 0 aliphatic heterocycles. The van der Waals surface area contributed by atoms with Gasteiger partial charge in [0, 0.05) is 5.69 Å². The Bertz CT molecular complexity index is 453. The van der Waals surface area contributed by atoms with Crippen molar-refractivity contribution in [1.82, 2.24) is 0 Å². The van der Waals surface area contributed by atoms with Crippen molar-refractivity contribution in [1.29, 1.82) is 0 Å². The highest BCUT2D eigenvalue weighted by molar-refractivity contribution is 7.91. The van der Waals surface area contributed by atoms with E-state index in [0.29, 0.717) is 5.69 Å². The Hall–Kier alpha value is -1.07. The van der Waals surface area contributed by atoms with Gasteiger partial charge in [0.05, 0.1) is 10.6 Å². The van der Waals surface area contributed by atoms with Crippen molar-refractivity contribution in [3.8, 4) is 0 Å². The van der Waals surface area contributed by atoms with Gasteiger partial charge in [0.2, 0.25) is 0 Å². The van der Waals surface area contributed by atoms with E-state index in [1.165, 1.54) is 24.3 Å². The number of rotatable bonds is 3. The fourth-order valence-corrected chi connectivity index (χ4v) is 2.02. The summed E-state index contributed by atoms with van der Waals surface area (Å²) in [5.74, 6) is 0.0498. The predicted molar refractivity (Wildman–Crippen MR) is 59.0 cm³/mol. The van der Waals surface area contributed by atoms with Crippen LogP contribution < -0.4 is 5.32 Å². The fraction of sp³-hybridized carbons (Fsp3) is 0.222. The van der Waals surface area contributed by atoms with Gasteiger partial charge in [-0.3, -0.25) is 4.79 Å². The first-order valence-electron chi connectivity index (χ1n) is 4.25.